The number of esters is 1. The topological polar surface area (TPSA) is 97.7 Å². The van der Waals surface area contributed by atoms with Crippen LogP contribution in [-0.4, -0.2) is 38.2 Å². The minimum atomic E-state index is -0.673. The van der Waals surface area contributed by atoms with Crippen molar-refractivity contribution in [1.82, 2.24) is 5.32 Å². The van der Waals surface area contributed by atoms with Gasteiger partial charge >= 0.3 is 5.97 Å². The van der Waals surface area contributed by atoms with Gasteiger partial charge < -0.3 is 19.5 Å². The Morgan fingerprint density at radius 3 is 2.68 bits per heavy atom. The monoisotopic (exact) mass is 424 g/mol. The van der Waals surface area contributed by atoms with Crippen LogP contribution in [0.3, 0.4) is 0 Å². The molecule has 1 unspecified atom stereocenters. The molecule has 2 aromatic carbocycles. The summed E-state index contributed by atoms with van der Waals surface area (Å²) in [5.41, 5.74) is 0.625. The molecular weight excluding hydrogens is 403 g/mol. The summed E-state index contributed by atoms with van der Waals surface area (Å²) in [7, 11) is 1.40. The summed E-state index contributed by atoms with van der Waals surface area (Å²) in [4.78, 5) is 24.6. The number of hydrogen-bond acceptors (Lipinski definition) is 6. The van der Waals surface area contributed by atoms with E-state index in [1.165, 1.54) is 37.5 Å². The summed E-state index contributed by atoms with van der Waals surface area (Å²) in [6, 6.07) is 11.5. The molecule has 1 atom stereocenters. The number of ether oxygens (including phenoxy) is 3. The third-order valence-corrected chi connectivity index (χ3v) is 4.66. The third-order valence-electron chi connectivity index (χ3n) is 4.66. The van der Waals surface area contributed by atoms with Crippen molar-refractivity contribution >= 4 is 18.0 Å². The molecule has 1 N–H and O–H groups in total. The second-order valence-electron chi connectivity index (χ2n) is 6.82. The van der Waals surface area contributed by atoms with Crippen LogP contribution in [0.2, 0.25) is 0 Å². The van der Waals surface area contributed by atoms with Crippen LogP contribution in [0.4, 0.5) is 4.39 Å². The van der Waals surface area contributed by atoms with E-state index in [9.17, 15) is 19.2 Å². The molecule has 0 bridgehead atoms. The number of nitrogens with zero attached hydrogens (tertiary/aromatic N) is 1. The van der Waals surface area contributed by atoms with Crippen LogP contribution in [0.1, 0.15) is 28.8 Å². The maximum atomic E-state index is 13.0. The van der Waals surface area contributed by atoms with Crippen LogP contribution >= 0.6 is 0 Å². The van der Waals surface area contributed by atoms with E-state index in [0.717, 1.165) is 25.0 Å². The Hall–Kier alpha value is -3.70. The normalized spacial score (nSPS) is 15.8. The highest BCUT2D eigenvalue weighted by molar-refractivity contribution is 6.01. The fourth-order valence-electron chi connectivity index (χ4n) is 3.03. The van der Waals surface area contributed by atoms with Crippen molar-refractivity contribution in [3.8, 4) is 17.6 Å². The Labute approximate surface area is 179 Å². The van der Waals surface area contributed by atoms with Gasteiger partial charge in [-0.25, -0.2) is 9.18 Å². The van der Waals surface area contributed by atoms with Gasteiger partial charge in [0.2, 0.25) is 0 Å². The highest BCUT2D eigenvalue weighted by Crippen LogP contribution is 2.29. The maximum Gasteiger partial charge on any atom is 0.343 e. The third kappa shape index (κ3) is 5.90. The van der Waals surface area contributed by atoms with Gasteiger partial charge in [-0.15, -0.1) is 0 Å². The van der Waals surface area contributed by atoms with Crippen molar-refractivity contribution in [2.75, 3.05) is 20.3 Å². The van der Waals surface area contributed by atoms with Gasteiger partial charge in [-0.1, -0.05) is 6.07 Å². The molecule has 1 fully saturated rings. The zero-order chi connectivity index (χ0) is 22.2. The van der Waals surface area contributed by atoms with Crippen molar-refractivity contribution in [3.05, 3.63) is 65.0 Å². The number of carbonyl (C=O) groups is 2. The van der Waals surface area contributed by atoms with Crippen molar-refractivity contribution in [2.24, 2.45) is 0 Å². The van der Waals surface area contributed by atoms with Gasteiger partial charge in [-0.3, -0.25) is 4.79 Å². The highest BCUT2D eigenvalue weighted by atomic mass is 19.1. The van der Waals surface area contributed by atoms with Gasteiger partial charge in [0.15, 0.2) is 11.5 Å². The molecule has 2 aromatic rings. The lowest BCUT2D eigenvalue weighted by Gasteiger charge is -2.11. The first-order chi connectivity index (χ1) is 15.0. The molecule has 1 heterocycles. The lowest BCUT2D eigenvalue weighted by molar-refractivity contribution is -0.117. The first-order valence-corrected chi connectivity index (χ1v) is 9.67. The number of amides is 1. The summed E-state index contributed by atoms with van der Waals surface area (Å²) >= 11 is 0. The quantitative estimate of drug-likeness (QED) is 0.317. The summed E-state index contributed by atoms with van der Waals surface area (Å²) in [6.07, 6.45) is 3.22. The lowest BCUT2D eigenvalue weighted by Crippen LogP contribution is -2.32. The van der Waals surface area contributed by atoms with Gasteiger partial charge in [0.05, 0.1) is 18.8 Å². The predicted molar refractivity (Wildman–Crippen MR) is 110 cm³/mol. The highest BCUT2D eigenvalue weighted by Gasteiger charge is 2.18. The smallest absolute Gasteiger partial charge is 0.343 e. The van der Waals surface area contributed by atoms with Gasteiger partial charge in [-0.05, 0) is 60.9 Å². The summed E-state index contributed by atoms with van der Waals surface area (Å²) < 4.78 is 29.1. The van der Waals surface area contributed by atoms with Crippen LogP contribution in [-0.2, 0) is 9.53 Å². The number of carbonyl (C=O) groups excluding carboxylic acids is 2. The summed E-state index contributed by atoms with van der Waals surface area (Å²) in [6.45, 7) is 1.03. The largest absolute Gasteiger partial charge is 0.493 e. The van der Waals surface area contributed by atoms with E-state index in [2.05, 4.69) is 5.32 Å². The summed E-state index contributed by atoms with van der Waals surface area (Å²) in [5, 5.41) is 12.1. The molecule has 0 saturated carbocycles. The fraction of sp³-hybridized carbons (Fsp3) is 0.261. The number of rotatable bonds is 7. The maximum absolute atomic E-state index is 13.0. The van der Waals surface area contributed by atoms with E-state index in [-0.39, 0.29) is 28.7 Å². The van der Waals surface area contributed by atoms with Crippen molar-refractivity contribution in [3.63, 3.8) is 0 Å². The van der Waals surface area contributed by atoms with E-state index in [4.69, 9.17) is 14.2 Å². The SMILES string of the molecule is COc1cc(/C=C(\C#N)C(=O)NCC2CCCO2)ccc1OC(=O)c1ccc(F)cc1. The van der Waals surface area contributed by atoms with Gasteiger partial charge in [0, 0.05) is 13.2 Å². The molecular formula is C23H21FN2O5. The number of nitrogens with one attached hydrogen (secondary N) is 1. The number of halogens is 1. The van der Waals surface area contributed by atoms with Crippen molar-refractivity contribution in [2.45, 2.75) is 18.9 Å². The second kappa shape index (κ2) is 10.4. The van der Waals surface area contributed by atoms with Crippen molar-refractivity contribution < 1.29 is 28.2 Å². The molecule has 1 aliphatic heterocycles. The molecule has 0 radical (unpaired) electrons. The Morgan fingerprint density at radius 2 is 2.03 bits per heavy atom. The molecule has 1 aliphatic rings. The number of hydrogen-bond donors (Lipinski definition) is 1. The molecule has 7 nitrogen and oxygen atoms in total. The zero-order valence-electron chi connectivity index (χ0n) is 16.9. The Balaban J connectivity index is 1.71. The minimum absolute atomic E-state index is 0.0286. The first kappa shape index (κ1) is 22.0. The van der Waals surface area contributed by atoms with Gasteiger partial charge in [-0.2, -0.15) is 5.26 Å². The first-order valence-electron chi connectivity index (χ1n) is 9.67. The Kier molecular flexibility index (Phi) is 7.35. The lowest BCUT2D eigenvalue weighted by atomic mass is 10.1. The Bertz CT molecular complexity index is 1020. The van der Waals surface area contributed by atoms with Crippen LogP contribution in [0.5, 0.6) is 11.5 Å². The van der Waals surface area contributed by atoms with E-state index in [1.54, 1.807) is 6.07 Å². The average molecular weight is 424 g/mol. The molecule has 0 spiro atoms. The Morgan fingerprint density at radius 1 is 1.26 bits per heavy atom. The second-order valence-corrected chi connectivity index (χ2v) is 6.82. The molecule has 0 aliphatic carbocycles. The number of benzene rings is 2. The molecule has 1 saturated heterocycles. The van der Waals surface area contributed by atoms with Crippen LogP contribution < -0.4 is 14.8 Å². The van der Waals surface area contributed by atoms with E-state index in [0.29, 0.717) is 18.7 Å². The van der Waals surface area contributed by atoms with Gasteiger partial charge in [0.25, 0.3) is 5.91 Å². The predicted octanol–water partition coefficient (Wildman–Crippen LogP) is 3.26. The minimum Gasteiger partial charge on any atom is -0.493 e. The van der Waals surface area contributed by atoms with Crippen molar-refractivity contribution in [1.29, 1.82) is 5.26 Å². The van der Waals surface area contributed by atoms with E-state index in [1.807, 2.05) is 6.07 Å². The van der Waals surface area contributed by atoms with Crippen LogP contribution in [0.15, 0.2) is 48.0 Å². The average Bonchev–Trinajstić information content (AvgIpc) is 3.30. The van der Waals surface area contributed by atoms with Crippen LogP contribution in [0, 0.1) is 17.1 Å². The van der Waals surface area contributed by atoms with Gasteiger partial charge in [0.1, 0.15) is 17.5 Å². The molecule has 0 aromatic heterocycles. The number of methoxy groups -OCH3 is 1. The molecule has 31 heavy (non-hydrogen) atoms. The zero-order valence-corrected chi connectivity index (χ0v) is 16.9. The molecule has 160 valence electrons. The standard InChI is InChI=1S/C23H21FN2O5/c1-29-21-12-15(11-17(13-25)22(27)26-14-19-3-2-10-30-19)4-9-20(21)31-23(28)16-5-7-18(24)8-6-16/h4-9,11-12,19H,2-3,10,14H2,1H3,(H,26,27)/b17-11+. The fourth-order valence-corrected chi connectivity index (χ4v) is 3.03. The summed E-state index contributed by atoms with van der Waals surface area (Å²) in [5.74, 6) is -1.24. The van der Waals surface area contributed by atoms with Crippen LogP contribution in [0.25, 0.3) is 6.08 Å². The molecule has 1 amide bonds. The number of nitriles is 1. The van der Waals surface area contributed by atoms with E-state index >= 15 is 0 Å². The van der Waals surface area contributed by atoms with E-state index < -0.39 is 17.7 Å². The molecule has 3 rings (SSSR count). The molecule has 8 heteroatoms.